The summed E-state index contributed by atoms with van der Waals surface area (Å²) in [6.07, 6.45) is 13.0. The molecule has 0 aliphatic rings. The summed E-state index contributed by atoms with van der Waals surface area (Å²) in [5, 5.41) is 0. The molecule has 0 saturated heterocycles. The Kier molecular flexibility index (Phi) is 13.2. The fourth-order valence-electron chi connectivity index (χ4n) is 5.91. The van der Waals surface area contributed by atoms with Gasteiger partial charge in [0.1, 0.15) is 0 Å². The Labute approximate surface area is 222 Å². The smallest absolute Gasteiger partial charge is 0.0699 e. The lowest BCUT2D eigenvalue weighted by Crippen LogP contribution is -2.03. The van der Waals surface area contributed by atoms with Crippen molar-refractivity contribution in [3.63, 3.8) is 0 Å². The average Bonchev–Trinajstić information content (AvgIpc) is 2.91. The molecule has 0 aliphatic carbocycles. The van der Waals surface area contributed by atoms with Gasteiger partial charge in [-0.2, -0.15) is 0 Å². The molecule has 2 nitrogen and oxygen atoms in total. The van der Waals surface area contributed by atoms with E-state index in [0.717, 1.165) is 51.4 Å². The van der Waals surface area contributed by atoms with Gasteiger partial charge < -0.3 is 0 Å². The van der Waals surface area contributed by atoms with E-state index in [1.165, 1.54) is 33.6 Å². The van der Waals surface area contributed by atoms with Crippen molar-refractivity contribution in [2.24, 2.45) is 9.98 Å². The third kappa shape index (κ3) is 7.17. The van der Waals surface area contributed by atoms with Gasteiger partial charge >= 0.3 is 0 Å². The number of nitrogens with zero attached hydrogens (tertiary/aromatic N) is 2. The molecule has 0 aromatic heterocycles. The molecule has 0 spiro atoms. The Morgan fingerprint density at radius 1 is 0.444 bits per heavy atom. The maximum atomic E-state index is 5.11. The third-order valence-corrected chi connectivity index (χ3v) is 8.37. The molecule has 0 radical (unpaired) electrons. The summed E-state index contributed by atoms with van der Waals surface area (Å²) < 4.78 is 0. The van der Waals surface area contributed by atoms with Crippen LogP contribution in [0.3, 0.4) is 0 Å². The van der Waals surface area contributed by atoms with Crippen LogP contribution in [0.5, 0.6) is 0 Å². The topological polar surface area (TPSA) is 24.7 Å². The van der Waals surface area contributed by atoms with Gasteiger partial charge in [0.05, 0.1) is 11.4 Å². The second-order valence-electron chi connectivity index (χ2n) is 10.2. The third-order valence-electron chi connectivity index (χ3n) is 8.37. The molecule has 0 heterocycles. The first kappa shape index (κ1) is 30.0. The van der Waals surface area contributed by atoms with Crippen molar-refractivity contribution < 1.29 is 0 Å². The normalized spacial score (nSPS) is 12.4. The van der Waals surface area contributed by atoms with Crippen LogP contribution >= 0.6 is 0 Å². The van der Waals surface area contributed by atoms with Gasteiger partial charge in [0.2, 0.25) is 0 Å². The van der Waals surface area contributed by atoms with E-state index in [9.17, 15) is 0 Å². The molecular weight excluding hydrogens is 436 g/mol. The minimum atomic E-state index is 0.542. The summed E-state index contributed by atoms with van der Waals surface area (Å²) in [6.45, 7) is 18.3. The molecular formula is C34H52N2. The lowest BCUT2D eigenvalue weighted by molar-refractivity contribution is 0.625. The summed E-state index contributed by atoms with van der Waals surface area (Å²) in [6, 6.07) is 13.6. The summed E-state index contributed by atoms with van der Waals surface area (Å²) in [5.41, 5.74) is 7.93. The first-order valence-corrected chi connectivity index (χ1v) is 14.9. The van der Waals surface area contributed by atoms with Gasteiger partial charge in [0.15, 0.2) is 0 Å². The van der Waals surface area contributed by atoms with E-state index >= 15 is 0 Å². The predicted octanol–water partition coefficient (Wildman–Crippen LogP) is 11.4. The molecule has 0 amide bonds. The highest BCUT2D eigenvalue weighted by Crippen LogP contribution is 2.41. The van der Waals surface area contributed by atoms with E-state index < -0.39 is 0 Å². The van der Waals surface area contributed by atoms with Crippen molar-refractivity contribution in [2.45, 2.75) is 130 Å². The molecule has 0 unspecified atom stereocenters. The quantitative estimate of drug-likeness (QED) is 0.223. The number of aliphatic imine (C=N–C) groups is 2. The fourth-order valence-corrected chi connectivity index (χ4v) is 5.91. The number of rotatable bonds is 15. The van der Waals surface area contributed by atoms with Crippen LogP contribution in [0.4, 0.5) is 11.4 Å². The van der Waals surface area contributed by atoms with E-state index in [2.05, 4.69) is 91.8 Å². The van der Waals surface area contributed by atoms with Crippen molar-refractivity contribution in [2.75, 3.05) is 0 Å². The van der Waals surface area contributed by atoms with Gasteiger partial charge in [-0.05, 0) is 97.3 Å². The number of para-hydroxylation sites is 2. The molecule has 2 rings (SSSR count). The summed E-state index contributed by atoms with van der Waals surface area (Å²) in [4.78, 5) is 10.2. The van der Waals surface area contributed by atoms with Crippen LogP contribution in [-0.2, 0) is 0 Å². The molecule has 2 aromatic rings. The summed E-state index contributed by atoms with van der Waals surface area (Å²) in [5.74, 6) is 2.17. The minimum Gasteiger partial charge on any atom is -0.255 e. The molecule has 2 aromatic carbocycles. The first-order valence-electron chi connectivity index (χ1n) is 14.9. The van der Waals surface area contributed by atoms with Crippen molar-refractivity contribution >= 4 is 23.8 Å². The van der Waals surface area contributed by atoms with E-state index in [-0.39, 0.29) is 0 Å². The molecule has 0 aliphatic heterocycles. The van der Waals surface area contributed by atoms with Crippen molar-refractivity contribution in [3.8, 4) is 0 Å². The Bertz CT molecular complexity index is 815. The summed E-state index contributed by atoms with van der Waals surface area (Å²) >= 11 is 0. The second-order valence-corrected chi connectivity index (χ2v) is 10.2. The fraction of sp³-hybridized carbons (Fsp3) is 0.588. The number of benzene rings is 2. The van der Waals surface area contributed by atoms with Crippen molar-refractivity contribution in [1.82, 2.24) is 0 Å². The van der Waals surface area contributed by atoms with Gasteiger partial charge in [-0.1, -0.05) is 91.8 Å². The molecule has 0 N–H and O–H groups in total. The SMILES string of the molecule is CCC(CC)c1cccc(C(CC)CC)c1N=CC=Nc1c(C(CC)CC)cccc1C(CC)CC. The highest BCUT2D eigenvalue weighted by Gasteiger charge is 2.20. The Morgan fingerprint density at radius 3 is 0.861 bits per heavy atom. The lowest BCUT2D eigenvalue weighted by Gasteiger charge is -2.22. The standard InChI is InChI=1S/C34H52N2/c1-9-25(10-2)29-19-17-20-30(26(11-3)12-4)33(29)35-23-24-36-34-31(27(13-5)14-6)21-18-22-32(34)28(15-7)16-8/h17-28H,9-16H2,1-8H3. The van der Waals surface area contributed by atoms with Crippen LogP contribution in [0.15, 0.2) is 46.4 Å². The maximum Gasteiger partial charge on any atom is 0.0699 e. The zero-order valence-electron chi connectivity index (χ0n) is 24.5. The van der Waals surface area contributed by atoms with Gasteiger partial charge in [0, 0.05) is 12.4 Å². The molecule has 0 bridgehead atoms. The van der Waals surface area contributed by atoms with E-state index in [1.54, 1.807) is 0 Å². The van der Waals surface area contributed by atoms with Gasteiger partial charge in [0.25, 0.3) is 0 Å². The molecule has 0 saturated carbocycles. The first-order chi connectivity index (χ1) is 17.5. The van der Waals surface area contributed by atoms with E-state index in [4.69, 9.17) is 9.98 Å². The van der Waals surface area contributed by atoms with Crippen LogP contribution in [-0.4, -0.2) is 12.4 Å². The Balaban J connectivity index is 2.58. The van der Waals surface area contributed by atoms with Crippen molar-refractivity contribution in [1.29, 1.82) is 0 Å². The number of hydrogen-bond acceptors (Lipinski definition) is 2. The molecule has 36 heavy (non-hydrogen) atoms. The van der Waals surface area contributed by atoms with Crippen LogP contribution in [0.2, 0.25) is 0 Å². The predicted molar refractivity (Wildman–Crippen MR) is 162 cm³/mol. The van der Waals surface area contributed by atoms with Crippen molar-refractivity contribution in [3.05, 3.63) is 58.7 Å². The molecule has 2 heteroatoms. The van der Waals surface area contributed by atoms with Crippen LogP contribution < -0.4 is 0 Å². The Morgan fingerprint density at radius 2 is 0.667 bits per heavy atom. The van der Waals surface area contributed by atoms with Gasteiger partial charge in [-0.3, -0.25) is 9.98 Å². The zero-order chi connectivity index (χ0) is 26.5. The van der Waals surface area contributed by atoms with Crippen LogP contribution in [0, 0.1) is 0 Å². The largest absolute Gasteiger partial charge is 0.255 e. The van der Waals surface area contributed by atoms with E-state index in [1.807, 2.05) is 12.4 Å². The summed E-state index contributed by atoms with van der Waals surface area (Å²) in [7, 11) is 0. The van der Waals surface area contributed by atoms with Crippen LogP contribution in [0.1, 0.15) is 153 Å². The Hall–Kier alpha value is -2.22. The monoisotopic (exact) mass is 488 g/mol. The van der Waals surface area contributed by atoms with Gasteiger partial charge in [-0.15, -0.1) is 0 Å². The van der Waals surface area contributed by atoms with Gasteiger partial charge in [-0.25, -0.2) is 0 Å². The maximum absolute atomic E-state index is 5.11. The highest BCUT2D eigenvalue weighted by molar-refractivity contribution is 6.17. The van der Waals surface area contributed by atoms with Crippen LogP contribution in [0.25, 0.3) is 0 Å². The molecule has 0 fully saturated rings. The molecule has 198 valence electrons. The lowest BCUT2D eigenvalue weighted by atomic mass is 9.85. The zero-order valence-corrected chi connectivity index (χ0v) is 24.5. The average molecular weight is 489 g/mol. The highest BCUT2D eigenvalue weighted by atomic mass is 14.8. The number of hydrogen-bond donors (Lipinski definition) is 0. The molecule has 0 atom stereocenters. The minimum absolute atomic E-state index is 0.542. The van der Waals surface area contributed by atoms with E-state index in [0.29, 0.717) is 23.7 Å². The second kappa shape index (κ2) is 15.8.